The Morgan fingerprint density at radius 1 is 1.04 bits per heavy atom. The molecule has 28 heavy (non-hydrogen) atoms. The number of unbranched alkanes of at least 4 members (excludes halogenated alkanes) is 1. The van der Waals surface area contributed by atoms with Gasteiger partial charge in [-0.2, -0.15) is 0 Å². The summed E-state index contributed by atoms with van der Waals surface area (Å²) in [4.78, 5) is 11.9. The highest BCUT2D eigenvalue weighted by Gasteiger charge is 2.21. The van der Waals surface area contributed by atoms with E-state index in [0.29, 0.717) is 0 Å². The zero-order valence-electron chi connectivity index (χ0n) is 17.4. The number of rotatable bonds is 7. The standard InChI is InChI=1S/C21H35N5O.HI/c1-22-21(23-11-5-6-12-24-13-7-8-14-24)26-17-15-25(16-18-26)19-9-3-4-10-20(19)27-2;/h3-4,9-10H,5-8,11-18H2,1-2H3,(H,22,23);1H. The molecule has 2 heterocycles. The molecule has 0 aliphatic carbocycles. The molecule has 0 amide bonds. The molecule has 1 N–H and O–H groups in total. The van der Waals surface area contributed by atoms with Crippen LogP contribution in [0, 0.1) is 0 Å². The van der Waals surface area contributed by atoms with Gasteiger partial charge >= 0.3 is 0 Å². The van der Waals surface area contributed by atoms with Gasteiger partial charge in [0.15, 0.2) is 5.96 Å². The number of nitrogens with one attached hydrogen (secondary N) is 1. The number of piperazine rings is 1. The fourth-order valence-electron chi connectivity index (χ4n) is 4.05. The lowest BCUT2D eigenvalue weighted by Crippen LogP contribution is -2.52. The second kappa shape index (κ2) is 12.4. The molecule has 0 atom stereocenters. The first-order valence-electron chi connectivity index (χ1n) is 10.4. The molecule has 0 saturated carbocycles. The maximum Gasteiger partial charge on any atom is 0.193 e. The van der Waals surface area contributed by atoms with Gasteiger partial charge < -0.3 is 24.8 Å². The first-order valence-corrected chi connectivity index (χ1v) is 10.4. The number of halogens is 1. The number of likely N-dealkylation sites (tertiary alicyclic amines) is 1. The van der Waals surface area contributed by atoms with Gasteiger partial charge in [0.25, 0.3) is 0 Å². The highest BCUT2D eigenvalue weighted by atomic mass is 127. The second-order valence-corrected chi connectivity index (χ2v) is 7.38. The minimum Gasteiger partial charge on any atom is -0.495 e. The maximum absolute atomic E-state index is 5.51. The molecule has 0 radical (unpaired) electrons. The number of benzene rings is 1. The Hall–Kier alpha value is -1.22. The Balaban J connectivity index is 0.00000280. The largest absolute Gasteiger partial charge is 0.495 e. The van der Waals surface area contributed by atoms with Gasteiger partial charge in [-0.05, 0) is 57.5 Å². The third-order valence-electron chi connectivity index (χ3n) is 5.60. The maximum atomic E-state index is 5.51. The summed E-state index contributed by atoms with van der Waals surface area (Å²) in [6.07, 6.45) is 5.24. The Kier molecular flexibility index (Phi) is 10.2. The lowest BCUT2D eigenvalue weighted by molar-refractivity contribution is 0.329. The van der Waals surface area contributed by atoms with Gasteiger partial charge in [0, 0.05) is 39.8 Å². The van der Waals surface area contributed by atoms with Crippen molar-refractivity contribution in [1.29, 1.82) is 0 Å². The summed E-state index contributed by atoms with van der Waals surface area (Å²) in [6.45, 7) is 8.77. The van der Waals surface area contributed by atoms with Crippen LogP contribution in [0.3, 0.4) is 0 Å². The Morgan fingerprint density at radius 2 is 1.75 bits per heavy atom. The molecule has 2 fully saturated rings. The summed E-state index contributed by atoms with van der Waals surface area (Å²) in [6, 6.07) is 8.27. The van der Waals surface area contributed by atoms with Gasteiger partial charge in [-0.1, -0.05) is 12.1 Å². The Labute approximate surface area is 187 Å². The van der Waals surface area contributed by atoms with Crippen molar-refractivity contribution in [2.45, 2.75) is 25.7 Å². The lowest BCUT2D eigenvalue weighted by atomic mass is 10.2. The predicted octanol–water partition coefficient (Wildman–Crippen LogP) is 2.89. The molecule has 2 aliphatic rings. The number of para-hydroxylation sites is 2. The van der Waals surface area contributed by atoms with Crippen LogP contribution in [0.1, 0.15) is 25.7 Å². The topological polar surface area (TPSA) is 43.3 Å². The van der Waals surface area contributed by atoms with Crippen LogP contribution >= 0.6 is 24.0 Å². The summed E-state index contributed by atoms with van der Waals surface area (Å²) in [5.74, 6) is 1.99. The van der Waals surface area contributed by atoms with Gasteiger partial charge in [-0.15, -0.1) is 24.0 Å². The summed E-state index contributed by atoms with van der Waals surface area (Å²) in [5.41, 5.74) is 1.18. The molecule has 0 spiro atoms. The van der Waals surface area contributed by atoms with E-state index in [-0.39, 0.29) is 24.0 Å². The highest BCUT2D eigenvalue weighted by molar-refractivity contribution is 14.0. The van der Waals surface area contributed by atoms with Crippen molar-refractivity contribution in [2.75, 3.05) is 71.4 Å². The van der Waals surface area contributed by atoms with Gasteiger partial charge in [0.1, 0.15) is 5.75 Å². The smallest absolute Gasteiger partial charge is 0.193 e. The van der Waals surface area contributed by atoms with Crippen LogP contribution in [0.5, 0.6) is 5.75 Å². The molecular formula is C21H36IN5O. The fraction of sp³-hybridized carbons (Fsp3) is 0.667. The van der Waals surface area contributed by atoms with E-state index < -0.39 is 0 Å². The number of nitrogens with zero attached hydrogens (tertiary/aromatic N) is 4. The number of guanidine groups is 1. The van der Waals surface area contributed by atoms with Gasteiger partial charge in [-0.25, -0.2) is 0 Å². The third kappa shape index (κ3) is 6.40. The number of methoxy groups -OCH3 is 1. The number of hydrogen-bond acceptors (Lipinski definition) is 4. The zero-order valence-corrected chi connectivity index (χ0v) is 19.7. The number of aliphatic imine (C=N–C) groups is 1. The van der Waals surface area contributed by atoms with Crippen molar-refractivity contribution in [2.24, 2.45) is 4.99 Å². The minimum absolute atomic E-state index is 0. The Morgan fingerprint density at radius 3 is 2.43 bits per heavy atom. The van der Waals surface area contributed by atoms with Crippen LogP contribution in [0.15, 0.2) is 29.3 Å². The SMILES string of the molecule is CN=C(NCCCCN1CCCC1)N1CCN(c2ccccc2OC)CC1.I. The summed E-state index contributed by atoms with van der Waals surface area (Å²) in [7, 11) is 3.63. The quantitative estimate of drug-likeness (QED) is 0.270. The summed E-state index contributed by atoms with van der Waals surface area (Å²) in [5, 5.41) is 3.56. The first-order chi connectivity index (χ1) is 13.3. The van der Waals surface area contributed by atoms with Crippen molar-refractivity contribution in [3.8, 4) is 5.75 Å². The minimum atomic E-state index is 0. The van der Waals surface area contributed by atoms with E-state index in [1.165, 1.54) is 51.0 Å². The van der Waals surface area contributed by atoms with Crippen molar-refractivity contribution in [1.82, 2.24) is 15.1 Å². The van der Waals surface area contributed by atoms with E-state index in [1.54, 1.807) is 7.11 Å². The van der Waals surface area contributed by atoms with E-state index in [1.807, 2.05) is 19.2 Å². The van der Waals surface area contributed by atoms with Crippen LogP contribution in [0.25, 0.3) is 0 Å². The molecule has 2 saturated heterocycles. The monoisotopic (exact) mass is 501 g/mol. The van der Waals surface area contributed by atoms with Gasteiger partial charge in [-0.3, -0.25) is 4.99 Å². The predicted molar refractivity (Wildman–Crippen MR) is 128 cm³/mol. The number of ether oxygens (including phenoxy) is 1. The molecule has 7 heteroatoms. The van der Waals surface area contributed by atoms with Crippen LogP contribution in [-0.2, 0) is 0 Å². The third-order valence-corrected chi connectivity index (χ3v) is 5.60. The summed E-state index contributed by atoms with van der Waals surface area (Å²) < 4.78 is 5.51. The van der Waals surface area contributed by atoms with Crippen LogP contribution in [0.2, 0.25) is 0 Å². The Bertz CT molecular complexity index is 598. The number of anilines is 1. The molecule has 3 rings (SSSR count). The molecule has 158 valence electrons. The van der Waals surface area contributed by atoms with Crippen LogP contribution in [-0.4, -0.2) is 82.3 Å². The highest BCUT2D eigenvalue weighted by Crippen LogP contribution is 2.28. The van der Waals surface area contributed by atoms with Crippen LogP contribution in [0.4, 0.5) is 5.69 Å². The first kappa shape index (κ1) is 23.1. The molecular weight excluding hydrogens is 465 g/mol. The van der Waals surface area contributed by atoms with Crippen molar-refractivity contribution in [3.63, 3.8) is 0 Å². The summed E-state index contributed by atoms with van der Waals surface area (Å²) >= 11 is 0. The van der Waals surface area contributed by atoms with E-state index >= 15 is 0 Å². The zero-order chi connectivity index (χ0) is 18.9. The van der Waals surface area contributed by atoms with Crippen molar-refractivity contribution in [3.05, 3.63) is 24.3 Å². The second-order valence-electron chi connectivity index (χ2n) is 7.38. The van der Waals surface area contributed by atoms with Gasteiger partial charge in [0.05, 0.1) is 12.8 Å². The van der Waals surface area contributed by atoms with Gasteiger partial charge in [0.2, 0.25) is 0 Å². The number of hydrogen-bond donors (Lipinski definition) is 1. The van der Waals surface area contributed by atoms with E-state index in [9.17, 15) is 0 Å². The van der Waals surface area contributed by atoms with Crippen LogP contribution < -0.4 is 15.0 Å². The molecule has 0 unspecified atom stereocenters. The molecule has 1 aromatic rings. The van der Waals surface area contributed by atoms with E-state index in [0.717, 1.165) is 44.4 Å². The molecule has 2 aliphatic heterocycles. The lowest BCUT2D eigenvalue weighted by Gasteiger charge is -2.38. The van der Waals surface area contributed by atoms with Crippen molar-refractivity contribution < 1.29 is 4.74 Å². The van der Waals surface area contributed by atoms with E-state index in [2.05, 4.69) is 37.1 Å². The molecule has 0 bridgehead atoms. The van der Waals surface area contributed by atoms with Crippen molar-refractivity contribution >= 4 is 35.6 Å². The fourth-order valence-corrected chi connectivity index (χ4v) is 4.05. The molecule has 6 nitrogen and oxygen atoms in total. The van der Waals surface area contributed by atoms with E-state index in [4.69, 9.17) is 4.74 Å². The molecule has 1 aromatic carbocycles. The normalized spacial score (nSPS) is 18.1. The average molecular weight is 501 g/mol. The average Bonchev–Trinajstić information content (AvgIpc) is 3.24. The molecule has 0 aromatic heterocycles.